The van der Waals surface area contributed by atoms with Crippen LogP contribution in [-0.4, -0.2) is 58.7 Å². The molecular weight excluding hydrogens is 239 g/mol. The second kappa shape index (κ2) is 4.85. The smallest absolute Gasteiger partial charge is 0.150 e. The van der Waals surface area contributed by atoms with Crippen LogP contribution in [0.4, 0.5) is 4.39 Å². The van der Waals surface area contributed by atoms with Gasteiger partial charge >= 0.3 is 0 Å². The topological polar surface area (TPSA) is 65.0 Å². The molecule has 2 rings (SSSR count). The van der Waals surface area contributed by atoms with Crippen LogP contribution in [0.25, 0.3) is 0 Å². The molecule has 0 bridgehead atoms. The summed E-state index contributed by atoms with van der Waals surface area (Å²) in [6, 6.07) is 0. The zero-order chi connectivity index (χ0) is 11.7. The molecule has 2 heterocycles. The Morgan fingerprint density at radius 3 is 3.00 bits per heavy atom. The zero-order valence-corrected chi connectivity index (χ0v) is 9.27. The van der Waals surface area contributed by atoms with Crippen molar-refractivity contribution in [2.45, 2.75) is 23.8 Å². The van der Waals surface area contributed by atoms with Crippen LogP contribution in [0.5, 0.6) is 0 Å². The molecule has 92 valence electrons. The molecule has 2 aliphatic rings. The highest BCUT2D eigenvalue weighted by molar-refractivity contribution is 6.21. The van der Waals surface area contributed by atoms with Crippen molar-refractivity contribution < 1.29 is 19.3 Å². The number of halogens is 2. The third kappa shape index (κ3) is 2.16. The molecule has 0 saturated carbocycles. The Labute approximate surface area is 97.4 Å². The van der Waals surface area contributed by atoms with Gasteiger partial charge in [0.1, 0.15) is 23.4 Å². The van der Waals surface area contributed by atoms with Crippen LogP contribution in [0.2, 0.25) is 0 Å². The summed E-state index contributed by atoms with van der Waals surface area (Å²) >= 11 is 5.98. The molecule has 7 heteroatoms. The minimum atomic E-state index is -0.949. The van der Waals surface area contributed by atoms with E-state index in [0.717, 1.165) is 0 Å². The molecule has 0 aromatic heterocycles. The van der Waals surface area contributed by atoms with Gasteiger partial charge in [0.25, 0.3) is 0 Å². The van der Waals surface area contributed by atoms with Crippen molar-refractivity contribution in [3.05, 3.63) is 12.0 Å². The summed E-state index contributed by atoms with van der Waals surface area (Å²) in [6.07, 6.45) is -0.989. The normalized spacial score (nSPS) is 40.0. The molecule has 0 aliphatic carbocycles. The number of aliphatic hydroxyl groups excluding tert-OH is 2. The van der Waals surface area contributed by atoms with Crippen LogP contribution in [-0.2, 0) is 4.74 Å². The molecule has 1 fully saturated rings. The van der Waals surface area contributed by atoms with Gasteiger partial charge in [-0.15, -0.1) is 11.6 Å². The molecule has 0 aromatic rings. The highest BCUT2D eigenvalue weighted by Gasteiger charge is 2.44. The van der Waals surface area contributed by atoms with Gasteiger partial charge in [0, 0.05) is 6.20 Å². The van der Waals surface area contributed by atoms with E-state index in [1.54, 1.807) is 0 Å². The number of ether oxygens (including phenoxy) is 1. The standard InChI is InChI=1S/C9H14ClFN2O3/c10-7-8(15)6(3-14)16-9(7)13-2-5(11)1-12-4-13/h2,6-9,12,14-15H,1,3-4H2/t6-,7+,8-,9-/m1/s1. The fraction of sp³-hybridized carbons (Fsp3) is 0.778. The van der Waals surface area contributed by atoms with Gasteiger partial charge in [-0.2, -0.15) is 0 Å². The molecule has 1 saturated heterocycles. The largest absolute Gasteiger partial charge is 0.394 e. The summed E-state index contributed by atoms with van der Waals surface area (Å²) in [5.74, 6) is -0.319. The second-order valence-electron chi connectivity index (χ2n) is 3.86. The van der Waals surface area contributed by atoms with Gasteiger partial charge in [0.05, 0.1) is 19.8 Å². The molecule has 0 unspecified atom stereocenters. The lowest BCUT2D eigenvalue weighted by Gasteiger charge is -2.31. The molecule has 0 spiro atoms. The summed E-state index contributed by atoms with van der Waals surface area (Å²) in [5, 5.41) is 20.7. The average Bonchev–Trinajstić information content (AvgIpc) is 2.56. The summed E-state index contributed by atoms with van der Waals surface area (Å²) < 4.78 is 18.4. The minimum Gasteiger partial charge on any atom is -0.394 e. The van der Waals surface area contributed by atoms with Gasteiger partial charge in [0.2, 0.25) is 0 Å². The van der Waals surface area contributed by atoms with Crippen molar-refractivity contribution >= 4 is 11.6 Å². The van der Waals surface area contributed by atoms with E-state index in [9.17, 15) is 9.50 Å². The number of alkyl halides is 1. The number of nitrogens with zero attached hydrogens (tertiary/aromatic N) is 1. The molecule has 16 heavy (non-hydrogen) atoms. The maximum absolute atomic E-state index is 13.0. The Kier molecular flexibility index (Phi) is 3.66. The van der Waals surface area contributed by atoms with E-state index in [1.165, 1.54) is 11.1 Å². The predicted octanol–water partition coefficient (Wildman–Crippen LogP) is -0.655. The van der Waals surface area contributed by atoms with Crippen molar-refractivity contribution in [2.75, 3.05) is 19.8 Å². The van der Waals surface area contributed by atoms with E-state index in [0.29, 0.717) is 6.67 Å². The Morgan fingerprint density at radius 1 is 1.69 bits per heavy atom. The Bertz CT molecular complexity index is 292. The van der Waals surface area contributed by atoms with Crippen LogP contribution in [0.1, 0.15) is 0 Å². The Morgan fingerprint density at radius 2 is 2.44 bits per heavy atom. The van der Waals surface area contributed by atoms with Gasteiger partial charge in [-0.1, -0.05) is 0 Å². The van der Waals surface area contributed by atoms with Crippen molar-refractivity contribution in [3.63, 3.8) is 0 Å². The summed E-state index contributed by atoms with van der Waals surface area (Å²) in [7, 11) is 0. The van der Waals surface area contributed by atoms with Gasteiger partial charge in [-0.05, 0) is 0 Å². The van der Waals surface area contributed by atoms with E-state index in [2.05, 4.69) is 5.32 Å². The SMILES string of the molecule is OC[C@H]1O[C@@H](N2C=C(F)CNC2)[C@@H](Cl)[C@@H]1O. The first-order chi connectivity index (χ1) is 7.63. The molecule has 0 aromatic carbocycles. The minimum absolute atomic E-state index is 0.183. The monoisotopic (exact) mass is 252 g/mol. The fourth-order valence-electron chi connectivity index (χ4n) is 1.86. The lowest BCUT2D eigenvalue weighted by Crippen LogP contribution is -2.46. The first kappa shape index (κ1) is 12.1. The molecule has 5 nitrogen and oxygen atoms in total. The quantitative estimate of drug-likeness (QED) is 0.570. The van der Waals surface area contributed by atoms with Crippen LogP contribution >= 0.6 is 11.6 Å². The van der Waals surface area contributed by atoms with Crippen LogP contribution in [0.15, 0.2) is 12.0 Å². The Balaban J connectivity index is 2.07. The van der Waals surface area contributed by atoms with Crippen molar-refractivity contribution in [1.29, 1.82) is 0 Å². The molecule has 2 aliphatic heterocycles. The van der Waals surface area contributed by atoms with Crippen molar-refractivity contribution in [3.8, 4) is 0 Å². The van der Waals surface area contributed by atoms with E-state index < -0.39 is 23.8 Å². The number of hydrogen-bond acceptors (Lipinski definition) is 5. The number of aliphatic hydroxyl groups is 2. The first-order valence-electron chi connectivity index (χ1n) is 5.04. The van der Waals surface area contributed by atoms with Crippen LogP contribution < -0.4 is 5.32 Å². The number of nitrogens with one attached hydrogen (secondary N) is 1. The molecule has 3 N–H and O–H groups in total. The maximum atomic E-state index is 13.0. The lowest BCUT2D eigenvalue weighted by atomic mass is 10.2. The maximum Gasteiger partial charge on any atom is 0.150 e. The lowest BCUT2D eigenvalue weighted by molar-refractivity contribution is -0.0674. The molecule has 0 radical (unpaired) electrons. The summed E-state index contributed by atoms with van der Waals surface area (Å²) in [5.41, 5.74) is 0. The third-order valence-corrected chi connectivity index (χ3v) is 3.17. The molecule has 4 atom stereocenters. The predicted molar refractivity (Wildman–Crippen MR) is 55.3 cm³/mol. The van der Waals surface area contributed by atoms with E-state index >= 15 is 0 Å². The average molecular weight is 253 g/mol. The summed E-state index contributed by atoms with van der Waals surface area (Å²) in [4.78, 5) is 1.54. The second-order valence-corrected chi connectivity index (χ2v) is 4.36. The first-order valence-corrected chi connectivity index (χ1v) is 5.48. The van der Waals surface area contributed by atoms with Crippen molar-refractivity contribution in [2.24, 2.45) is 0 Å². The highest BCUT2D eigenvalue weighted by Crippen LogP contribution is 2.29. The third-order valence-electron chi connectivity index (χ3n) is 2.69. The van der Waals surface area contributed by atoms with Gasteiger partial charge < -0.3 is 19.8 Å². The van der Waals surface area contributed by atoms with E-state index in [1.807, 2.05) is 0 Å². The summed E-state index contributed by atoms with van der Waals surface area (Å²) in [6.45, 7) is 0.267. The molecular formula is C9H14ClFN2O3. The highest BCUT2D eigenvalue weighted by atomic mass is 35.5. The Hall–Kier alpha value is -0.400. The molecule has 0 amide bonds. The van der Waals surface area contributed by atoms with Crippen molar-refractivity contribution in [1.82, 2.24) is 10.2 Å². The fourth-order valence-corrected chi connectivity index (χ4v) is 2.23. The van der Waals surface area contributed by atoms with Crippen LogP contribution in [0, 0.1) is 0 Å². The van der Waals surface area contributed by atoms with Crippen LogP contribution in [0.3, 0.4) is 0 Å². The number of rotatable bonds is 2. The van der Waals surface area contributed by atoms with Gasteiger partial charge in [0.15, 0.2) is 6.23 Å². The van der Waals surface area contributed by atoms with Gasteiger partial charge in [-0.3, -0.25) is 5.32 Å². The van der Waals surface area contributed by atoms with E-state index in [4.69, 9.17) is 21.4 Å². The number of hydrogen-bond donors (Lipinski definition) is 3. The van der Waals surface area contributed by atoms with Gasteiger partial charge in [-0.25, -0.2) is 4.39 Å². The van der Waals surface area contributed by atoms with E-state index in [-0.39, 0.29) is 19.0 Å². The zero-order valence-electron chi connectivity index (χ0n) is 8.51.